The standard InChI is InChI=1S/C7H6O2.Ti/c8-7(9)6-4-2-1-3-5-6;/h1-5H,(H,8,9);/q;+4/p-1. The number of hydrogen-bond acceptors (Lipinski definition) is 2. The summed E-state index contributed by atoms with van der Waals surface area (Å²) < 4.78 is 0. The van der Waals surface area contributed by atoms with Crippen LogP contribution >= 0.6 is 0 Å². The molecule has 0 unspecified atom stereocenters. The summed E-state index contributed by atoms with van der Waals surface area (Å²) >= 11 is 0. The quantitative estimate of drug-likeness (QED) is 0.557. The predicted molar refractivity (Wildman–Crippen MR) is 30.8 cm³/mol. The Morgan fingerprint density at radius 1 is 1.20 bits per heavy atom. The molecule has 3 heteroatoms. The smallest absolute Gasteiger partial charge is 0.545 e. The molecule has 0 aliphatic rings. The van der Waals surface area contributed by atoms with E-state index < -0.39 is 5.97 Å². The number of carbonyl (C=O) groups is 1. The summed E-state index contributed by atoms with van der Waals surface area (Å²) in [5.41, 5.74) is 0.220. The van der Waals surface area contributed by atoms with Gasteiger partial charge in [0.15, 0.2) is 0 Å². The molecule has 0 atom stereocenters. The first kappa shape index (κ1) is 9.40. The number of carbonyl (C=O) groups excluding carboxylic acids is 1. The van der Waals surface area contributed by atoms with E-state index in [-0.39, 0.29) is 27.3 Å². The molecule has 0 aliphatic heterocycles. The van der Waals surface area contributed by atoms with E-state index in [1.165, 1.54) is 12.1 Å². The van der Waals surface area contributed by atoms with Crippen LogP contribution in [0.4, 0.5) is 0 Å². The molecule has 0 fully saturated rings. The summed E-state index contributed by atoms with van der Waals surface area (Å²) in [6.45, 7) is 0. The van der Waals surface area contributed by atoms with Crippen LogP contribution in [0.3, 0.4) is 0 Å². The first-order valence-corrected chi connectivity index (χ1v) is 2.57. The number of carboxylic acids is 1. The molecular weight excluding hydrogens is 164 g/mol. The van der Waals surface area contributed by atoms with Crippen molar-refractivity contribution >= 4 is 5.97 Å². The normalized spacial score (nSPS) is 8.00. The Kier molecular flexibility index (Phi) is 4.00. The Morgan fingerprint density at radius 2 is 1.70 bits per heavy atom. The molecule has 1 rings (SSSR count). The molecule has 0 amide bonds. The van der Waals surface area contributed by atoms with Gasteiger partial charge in [0, 0.05) is 0 Å². The molecule has 0 saturated carbocycles. The van der Waals surface area contributed by atoms with Gasteiger partial charge in [-0.25, -0.2) is 0 Å². The van der Waals surface area contributed by atoms with Crippen LogP contribution in [0, 0.1) is 0 Å². The third-order valence-electron chi connectivity index (χ3n) is 1.01. The van der Waals surface area contributed by atoms with Crippen LogP contribution in [0.5, 0.6) is 0 Å². The Labute approximate surface area is 73.8 Å². The Hall–Kier alpha value is -0.596. The first-order chi connectivity index (χ1) is 4.30. The van der Waals surface area contributed by atoms with Crippen molar-refractivity contribution in [2.75, 3.05) is 0 Å². The minimum atomic E-state index is -1.13. The molecule has 0 saturated heterocycles. The fourth-order valence-corrected chi connectivity index (χ4v) is 0.574. The minimum Gasteiger partial charge on any atom is -0.545 e. The van der Waals surface area contributed by atoms with E-state index in [2.05, 4.69) is 0 Å². The van der Waals surface area contributed by atoms with Crippen molar-refractivity contribution in [2.24, 2.45) is 0 Å². The van der Waals surface area contributed by atoms with E-state index in [1.54, 1.807) is 18.2 Å². The van der Waals surface area contributed by atoms with Crippen molar-refractivity contribution < 1.29 is 31.6 Å². The molecule has 10 heavy (non-hydrogen) atoms. The Bertz CT molecular complexity index is 208. The topological polar surface area (TPSA) is 40.1 Å². The van der Waals surface area contributed by atoms with Gasteiger partial charge in [-0.05, 0) is 5.56 Å². The molecule has 0 N–H and O–H groups in total. The number of aromatic carboxylic acids is 1. The second-order valence-corrected chi connectivity index (χ2v) is 1.65. The molecule has 46 valence electrons. The number of carboxylic acid groups (broad SMARTS) is 1. The van der Waals surface area contributed by atoms with E-state index >= 15 is 0 Å². The fraction of sp³-hybridized carbons (Fsp3) is 0. The fourth-order valence-electron chi connectivity index (χ4n) is 0.574. The van der Waals surface area contributed by atoms with Crippen LogP contribution in [-0.2, 0) is 21.7 Å². The summed E-state index contributed by atoms with van der Waals surface area (Å²) in [6.07, 6.45) is 0. The maximum Gasteiger partial charge on any atom is 4.00 e. The summed E-state index contributed by atoms with van der Waals surface area (Å²) in [6, 6.07) is 8.06. The van der Waals surface area contributed by atoms with Crippen LogP contribution in [0.15, 0.2) is 30.3 Å². The van der Waals surface area contributed by atoms with Crippen molar-refractivity contribution in [3.8, 4) is 0 Å². The molecule has 0 spiro atoms. The van der Waals surface area contributed by atoms with Crippen molar-refractivity contribution in [2.45, 2.75) is 0 Å². The molecule has 1 aromatic carbocycles. The van der Waals surface area contributed by atoms with Crippen LogP contribution < -0.4 is 5.11 Å². The van der Waals surface area contributed by atoms with Gasteiger partial charge in [-0.15, -0.1) is 0 Å². The van der Waals surface area contributed by atoms with E-state index in [0.29, 0.717) is 0 Å². The predicted octanol–water partition coefficient (Wildman–Crippen LogP) is 0.0476. The van der Waals surface area contributed by atoms with Gasteiger partial charge in [0.25, 0.3) is 0 Å². The van der Waals surface area contributed by atoms with Crippen molar-refractivity contribution in [1.82, 2.24) is 0 Å². The summed E-state index contributed by atoms with van der Waals surface area (Å²) in [5.74, 6) is -1.13. The van der Waals surface area contributed by atoms with Crippen LogP contribution in [0.25, 0.3) is 0 Å². The molecule has 2 nitrogen and oxygen atoms in total. The van der Waals surface area contributed by atoms with Crippen LogP contribution in [-0.4, -0.2) is 5.97 Å². The van der Waals surface area contributed by atoms with Crippen molar-refractivity contribution in [3.05, 3.63) is 35.9 Å². The van der Waals surface area contributed by atoms with Crippen LogP contribution in [0.1, 0.15) is 10.4 Å². The van der Waals surface area contributed by atoms with Gasteiger partial charge < -0.3 is 9.90 Å². The Morgan fingerprint density at radius 3 is 2.00 bits per heavy atom. The van der Waals surface area contributed by atoms with Crippen molar-refractivity contribution in [3.63, 3.8) is 0 Å². The summed E-state index contributed by atoms with van der Waals surface area (Å²) in [5, 5.41) is 10.1. The number of benzene rings is 1. The van der Waals surface area contributed by atoms with E-state index in [0.717, 1.165) is 0 Å². The van der Waals surface area contributed by atoms with Crippen molar-refractivity contribution in [1.29, 1.82) is 0 Å². The zero-order valence-corrected chi connectivity index (χ0v) is 6.76. The zero-order chi connectivity index (χ0) is 6.69. The van der Waals surface area contributed by atoms with Gasteiger partial charge in [-0.2, -0.15) is 0 Å². The molecule has 0 heterocycles. The van der Waals surface area contributed by atoms with Crippen LogP contribution in [0.2, 0.25) is 0 Å². The molecule has 0 radical (unpaired) electrons. The van der Waals surface area contributed by atoms with Gasteiger partial charge in [0.1, 0.15) is 0 Å². The van der Waals surface area contributed by atoms with E-state index in [9.17, 15) is 9.90 Å². The third-order valence-corrected chi connectivity index (χ3v) is 1.01. The van der Waals surface area contributed by atoms with Gasteiger partial charge >= 0.3 is 21.7 Å². The molecular formula is C7H5O2Ti+3. The third kappa shape index (κ3) is 2.34. The van der Waals surface area contributed by atoms with Gasteiger partial charge in [-0.3, -0.25) is 0 Å². The number of rotatable bonds is 1. The monoisotopic (exact) mass is 169 g/mol. The largest absolute Gasteiger partial charge is 4.00 e. The Balaban J connectivity index is 0.000000810. The molecule has 0 bridgehead atoms. The molecule has 1 aromatic rings. The van der Waals surface area contributed by atoms with Gasteiger partial charge in [-0.1, -0.05) is 30.3 Å². The molecule has 0 aromatic heterocycles. The maximum atomic E-state index is 10.1. The first-order valence-electron chi connectivity index (χ1n) is 2.57. The average Bonchev–Trinajstić information content (AvgIpc) is 1.90. The average molecular weight is 169 g/mol. The summed E-state index contributed by atoms with van der Waals surface area (Å²) in [7, 11) is 0. The van der Waals surface area contributed by atoms with Gasteiger partial charge in [0.05, 0.1) is 5.97 Å². The molecule has 0 aliphatic carbocycles. The second kappa shape index (κ2) is 4.26. The second-order valence-electron chi connectivity index (χ2n) is 1.65. The van der Waals surface area contributed by atoms with E-state index in [4.69, 9.17) is 0 Å². The summed E-state index contributed by atoms with van der Waals surface area (Å²) in [4.78, 5) is 10.1. The SMILES string of the molecule is O=C([O-])c1ccccc1.[Ti+4]. The maximum absolute atomic E-state index is 10.1. The van der Waals surface area contributed by atoms with Gasteiger partial charge in [0.2, 0.25) is 0 Å². The minimum absolute atomic E-state index is 0. The number of hydrogen-bond donors (Lipinski definition) is 0. The zero-order valence-electron chi connectivity index (χ0n) is 5.20. The van der Waals surface area contributed by atoms with E-state index in [1.807, 2.05) is 0 Å².